The Morgan fingerprint density at radius 1 is 1.53 bits per heavy atom. The summed E-state index contributed by atoms with van der Waals surface area (Å²) in [5, 5.41) is 0. The maximum atomic E-state index is 12.6. The Morgan fingerprint density at radius 2 is 2.21 bits per heavy atom. The molecule has 7 heteroatoms. The minimum Gasteiger partial charge on any atom is -0.369 e. The highest BCUT2D eigenvalue weighted by atomic mass is 19.4. The van der Waals surface area contributed by atoms with Gasteiger partial charge in [0.2, 0.25) is 0 Å². The van der Waals surface area contributed by atoms with Crippen molar-refractivity contribution in [3.8, 4) is 0 Å². The van der Waals surface area contributed by atoms with Crippen molar-refractivity contribution in [2.45, 2.75) is 25.1 Å². The van der Waals surface area contributed by atoms with Crippen LogP contribution in [0.4, 0.5) is 18.9 Å². The standard InChI is InChI=1S/C12H14F3N3O/c1-11(16)2-3-18(7-11)9-4-10(12(13,14)15)17-5-8(9)6-19/h4-6H,2-3,7,16H2,1H3/t11-/m0/s1. The van der Waals surface area contributed by atoms with Gasteiger partial charge >= 0.3 is 6.18 Å². The fourth-order valence-corrected chi connectivity index (χ4v) is 2.17. The third-order valence-electron chi connectivity index (χ3n) is 3.17. The number of nitrogens with zero attached hydrogens (tertiary/aromatic N) is 2. The summed E-state index contributed by atoms with van der Waals surface area (Å²) in [5.41, 5.74) is 4.88. The van der Waals surface area contributed by atoms with Crippen LogP contribution in [-0.2, 0) is 6.18 Å². The van der Waals surface area contributed by atoms with Crippen LogP contribution in [0, 0.1) is 0 Å². The molecule has 1 aliphatic rings. The summed E-state index contributed by atoms with van der Waals surface area (Å²) < 4.78 is 37.9. The van der Waals surface area contributed by atoms with E-state index in [1.54, 1.807) is 4.90 Å². The molecule has 0 spiro atoms. The molecule has 1 aromatic rings. The highest BCUT2D eigenvalue weighted by Crippen LogP contribution is 2.33. The Labute approximate surface area is 108 Å². The molecule has 1 aliphatic heterocycles. The summed E-state index contributed by atoms with van der Waals surface area (Å²) in [7, 11) is 0. The zero-order valence-corrected chi connectivity index (χ0v) is 10.4. The SMILES string of the molecule is C[C@]1(N)CCN(c2cc(C(F)(F)F)ncc2C=O)C1. The molecule has 2 N–H and O–H groups in total. The number of aldehydes is 1. The van der Waals surface area contributed by atoms with Crippen molar-refractivity contribution in [2.75, 3.05) is 18.0 Å². The lowest BCUT2D eigenvalue weighted by atomic mass is 10.0. The highest BCUT2D eigenvalue weighted by Gasteiger charge is 2.35. The molecule has 0 unspecified atom stereocenters. The number of halogens is 3. The summed E-state index contributed by atoms with van der Waals surface area (Å²) in [6.45, 7) is 2.77. The van der Waals surface area contributed by atoms with Gasteiger partial charge in [0.05, 0.1) is 11.3 Å². The van der Waals surface area contributed by atoms with Gasteiger partial charge in [0, 0.05) is 24.8 Å². The fraction of sp³-hybridized carbons (Fsp3) is 0.500. The normalized spacial score (nSPS) is 23.7. The van der Waals surface area contributed by atoms with Crippen molar-refractivity contribution in [1.82, 2.24) is 4.98 Å². The maximum absolute atomic E-state index is 12.6. The van der Waals surface area contributed by atoms with Gasteiger partial charge in [-0.05, 0) is 19.4 Å². The van der Waals surface area contributed by atoms with E-state index in [9.17, 15) is 18.0 Å². The molecule has 0 aliphatic carbocycles. The molecule has 104 valence electrons. The maximum Gasteiger partial charge on any atom is 0.433 e. The van der Waals surface area contributed by atoms with E-state index < -0.39 is 17.4 Å². The minimum atomic E-state index is -4.53. The van der Waals surface area contributed by atoms with Gasteiger partial charge in [0.1, 0.15) is 5.69 Å². The first-order chi connectivity index (χ1) is 8.73. The number of anilines is 1. The van der Waals surface area contributed by atoms with Gasteiger partial charge in [0.15, 0.2) is 6.29 Å². The number of aromatic nitrogens is 1. The number of hydrogen-bond acceptors (Lipinski definition) is 4. The Morgan fingerprint density at radius 3 is 2.68 bits per heavy atom. The van der Waals surface area contributed by atoms with Crippen LogP contribution in [0.1, 0.15) is 29.4 Å². The number of alkyl halides is 3. The van der Waals surface area contributed by atoms with E-state index in [1.807, 2.05) is 6.92 Å². The summed E-state index contributed by atoms with van der Waals surface area (Å²) in [6, 6.07) is 0.908. The second kappa shape index (κ2) is 4.48. The lowest BCUT2D eigenvalue weighted by molar-refractivity contribution is -0.141. The van der Waals surface area contributed by atoms with Crippen molar-refractivity contribution < 1.29 is 18.0 Å². The average Bonchev–Trinajstić information content (AvgIpc) is 2.67. The van der Waals surface area contributed by atoms with Crippen LogP contribution in [0.5, 0.6) is 0 Å². The van der Waals surface area contributed by atoms with Crippen molar-refractivity contribution in [3.05, 3.63) is 23.5 Å². The number of nitrogens with two attached hydrogens (primary N) is 1. The Bertz CT molecular complexity index is 499. The molecule has 2 rings (SSSR count). The molecule has 1 atom stereocenters. The van der Waals surface area contributed by atoms with Crippen molar-refractivity contribution >= 4 is 12.0 Å². The van der Waals surface area contributed by atoms with E-state index >= 15 is 0 Å². The molecular weight excluding hydrogens is 259 g/mol. The van der Waals surface area contributed by atoms with Crippen LogP contribution in [0.15, 0.2) is 12.3 Å². The first-order valence-electron chi connectivity index (χ1n) is 5.79. The predicted molar refractivity (Wildman–Crippen MR) is 64.0 cm³/mol. The summed E-state index contributed by atoms with van der Waals surface area (Å²) in [4.78, 5) is 15.9. The number of rotatable bonds is 2. The molecule has 19 heavy (non-hydrogen) atoms. The van der Waals surface area contributed by atoms with Crippen molar-refractivity contribution in [2.24, 2.45) is 5.73 Å². The molecule has 0 radical (unpaired) electrons. The number of hydrogen-bond donors (Lipinski definition) is 1. The van der Waals surface area contributed by atoms with Gasteiger partial charge in [-0.15, -0.1) is 0 Å². The fourth-order valence-electron chi connectivity index (χ4n) is 2.17. The molecule has 0 aromatic carbocycles. The topological polar surface area (TPSA) is 59.2 Å². The average molecular weight is 273 g/mol. The quantitative estimate of drug-likeness (QED) is 0.835. The van der Waals surface area contributed by atoms with Gasteiger partial charge in [0.25, 0.3) is 0 Å². The van der Waals surface area contributed by atoms with Crippen LogP contribution >= 0.6 is 0 Å². The molecular formula is C12H14F3N3O. The van der Waals surface area contributed by atoms with Crippen LogP contribution in [0.25, 0.3) is 0 Å². The second-order valence-corrected chi connectivity index (χ2v) is 5.07. The Kier molecular flexibility index (Phi) is 3.25. The van der Waals surface area contributed by atoms with Gasteiger partial charge in [-0.1, -0.05) is 0 Å². The van der Waals surface area contributed by atoms with Crippen molar-refractivity contribution in [3.63, 3.8) is 0 Å². The molecule has 0 bridgehead atoms. The number of pyridine rings is 1. The van der Waals surface area contributed by atoms with E-state index in [-0.39, 0.29) is 11.3 Å². The van der Waals surface area contributed by atoms with Gasteiger partial charge in [-0.2, -0.15) is 13.2 Å². The Hall–Kier alpha value is -1.63. The smallest absolute Gasteiger partial charge is 0.369 e. The lowest BCUT2D eigenvalue weighted by Gasteiger charge is -2.23. The van der Waals surface area contributed by atoms with Crippen molar-refractivity contribution in [1.29, 1.82) is 0 Å². The van der Waals surface area contributed by atoms with Gasteiger partial charge in [-0.3, -0.25) is 9.78 Å². The first-order valence-corrected chi connectivity index (χ1v) is 5.79. The van der Waals surface area contributed by atoms with E-state index in [0.29, 0.717) is 25.8 Å². The molecule has 0 amide bonds. The largest absolute Gasteiger partial charge is 0.433 e. The summed E-state index contributed by atoms with van der Waals surface area (Å²) in [5.74, 6) is 0. The van der Waals surface area contributed by atoms with Crippen LogP contribution < -0.4 is 10.6 Å². The van der Waals surface area contributed by atoms with Gasteiger partial charge < -0.3 is 10.6 Å². The van der Waals surface area contributed by atoms with E-state index in [2.05, 4.69) is 4.98 Å². The zero-order chi connectivity index (χ0) is 14.3. The molecule has 1 fully saturated rings. The van der Waals surface area contributed by atoms with E-state index in [4.69, 9.17) is 5.73 Å². The summed E-state index contributed by atoms with van der Waals surface area (Å²) >= 11 is 0. The monoisotopic (exact) mass is 273 g/mol. The molecule has 4 nitrogen and oxygen atoms in total. The first kappa shape index (κ1) is 13.8. The van der Waals surface area contributed by atoms with Crippen LogP contribution in [-0.4, -0.2) is 29.9 Å². The zero-order valence-electron chi connectivity index (χ0n) is 10.4. The molecule has 1 saturated heterocycles. The van der Waals surface area contributed by atoms with Crippen LogP contribution in [0.2, 0.25) is 0 Å². The summed E-state index contributed by atoms with van der Waals surface area (Å²) in [6.07, 6.45) is -2.40. The van der Waals surface area contributed by atoms with Crippen LogP contribution in [0.3, 0.4) is 0 Å². The lowest BCUT2D eigenvalue weighted by Crippen LogP contribution is -2.39. The molecule has 0 saturated carbocycles. The third kappa shape index (κ3) is 2.86. The van der Waals surface area contributed by atoms with Gasteiger partial charge in [-0.25, -0.2) is 0 Å². The molecule has 1 aromatic heterocycles. The highest BCUT2D eigenvalue weighted by molar-refractivity contribution is 5.84. The second-order valence-electron chi connectivity index (χ2n) is 5.07. The van der Waals surface area contributed by atoms with E-state index in [0.717, 1.165) is 12.3 Å². The molecule has 2 heterocycles. The third-order valence-corrected chi connectivity index (χ3v) is 3.17. The number of carbonyl (C=O) groups excluding carboxylic acids is 1. The van der Waals surface area contributed by atoms with E-state index in [1.165, 1.54) is 0 Å². The minimum absolute atomic E-state index is 0.144. The predicted octanol–water partition coefficient (Wildman–Crippen LogP) is 1.84. The number of carbonyl (C=O) groups is 1. The Balaban J connectivity index is 2.40.